The maximum atomic E-state index is 12.2. The standard InChI is InChI=1S/C17H24N6O7/c1-29-15(26)3-2-6-19-13(25)5-4-10-8-23(17(28)20-16(10)27)14-7-11(21-22-18)12(9-24)30-14/h8,11-12,14,24H,2-7,9H2,1H3,(H,19,25)(H,20,27,28)/t11-,12+,14+/m0/s1. The number of nitrogens with zero attached hydrogens (tertiary/aromatic N) is 4. The van der Waals surface area contributed by atoms with Gasteiger partial charge in [0, 0.05) is 42.5 Å². The number of aromatic amines is 1. The van der Waals surface area contributed by atoms with Crippen LogP contribution < -0.4 is 16.6 Å². The first-order valence-corrected chi connectivity index (χ1v) is 9.38. The molecule has 2 rings (SSSR count). The molecule has 13 nitrogen and oxygen atoms in total. The lowest BCUT2D eigenvalue weighted by Gasteiger charge is -2.15. The number of aromatic nitrogens is 2. The number of amides is 1. The molecule has 1 aliphatic heterocycles. The topological polar surface area (TPSA) is 188 Å². The highest BCUT2D eigenvalue weighted by Gasteiger charge is 2.35. The molecule has 0 aromatic carbocycles. The fourth-order valence-corrected chi connectivity index (χ4v) is 3.06. The minimum Gasteiger partial charge on any atom is -0.469 e. The molecule has 1 fully saturated rings. The van der Waals surface area contributed by atoms with E-state index in [1.807, 2.05) is 0 Å². The zero-order valence-corrected chi connectivity index (χ0v) is 16.4. The van der Waals surface area contributed by atoms with Crippen LogP contribution in [0.1, 0.15) is 37.5 Å². The number of hydrogen-bond acceptors (Lipinski definition) is 8. The zero-order valence-electron chi connectivity index (χ0n) is 16.4. The van der Waals surface area contributed by atoms with Gasteiger partial charge in [0.2, 0.25) is 5.91 Å². The molecule has 1 aliphatic rings. The van der Waals surface area contributed by atoms with Gasteiger partial charge in [-0.1, -0.05) is 5.11 Å². The molecule has 164 valence electrons. The summed E-state index contributed by atoms with van der Waals surface area (Å²) in [6, 6.07) is -0.650. The Labute approximate surface area is 170 Å². The van der Waals surface area contributed by atoms with Gasteiger partial charge in [-0.3, -0.25) is 23.9 Å². The van der Waals surface area contributed by atoms with E-state index in [-0.39, 0.29) is 49.7 Å². The van der Waals surface area contributed by atoms with Crippen molar-refractivity contribution in [1.82, 2.24) is 14.9 Å². The van der Waals surface area contributed by atoms with E-state index in [0.717, 1.165) is 4.57 Å². The van der Waals surface area contributed by atoms with Crippen molar-refractivity contribution in [2.24, 2.45) is 5.11 Å². The number of rotatable bonds is 10. The van der Waals surface area contributed by atoms with Crippen LogP contribution in [0.25, 0.3) is 10.4 Å². The van der Waals surface area contributed by atoms with Crippen molar-refractivity contribution in [2.75, 3.05) is 20.3 Å². The molecule has 0 spiro atoms. The summed E-state index contributed by atoms with van der Waals surface area (Å²) < 4.78 is 11.2. The molecule has 1 aromatic rings. The minimum atomic E-state index is -0.826. The van der Waals surface area contributed by atoms with Gasteiger partial charge in [-0.25, -0.2) is 4.79 Å². The Morgan fingerprint density at radius 1 is 1.47 bits per heavy atom. The molecular formula is C17H24N6O7. The first-order chi connectivity index (χ1) is 14.4. The lowest BCUT2D eigenvalue weighted by Crippen LogP contribution is -2.35. The second kappa shape index (κ2) is 11.1. The van der Waals surface area contributed by atoms with Crippen LogP contribution in [0.5, 0.6) is 0 Å². The molecule has 1 saturated heterocycles. The molecular weight excluding hydrogens is 400 g/mol. The van der Waals surface area contributed by atoms with Gasteiger partial charge in [-0.05, 0) is 18.4 Å². The van der Waals surface area contributed by atoms with Gasteiger partial charge in [-0.15, -0.1) is 0 Å². The zero-order chi connectivity index (χ0) is 22.1. The van der Waals surface area contributed by atoms with Gasteiger partial charge >= 0.3 is 11.7 Å². The number of carbonyl (C=O) groups is 2. The lowest BCUT2D eigenvalue weighted by atomic mass is 10.1. The predicted molar refractivity (Wildman–Crippen MR) is 102 cm³/mol. The highest BCUT2D eigenvalue weighted by Crippen LogP contribution is 2.29. The number of methoxy groups -OCH3 is 1. The molecule has 0 bridgehead atoms. The van der Waals surface area contributed by atoms with Gasteiger partial charge in [0.1, 0.15) is 6.23 Å². The number of nitrogens with one attached hydrogen (secondary N) is 2. The van der Waals surface area contributed by atoms with Crippen molar-refractivity contribution in [1.29, 1.82) is 0 Å². The maximum Gasteiger partial charge on any atom is 0.330 e. The minimum absolute atomic E-state index is 0.00560. The maximum absolute atomic E-state index is 12.2. The largest absolute Gasteiger partial charge is 0.469 e. The third kappa shape index (κ3) is 6.17. The quantitative estimate of drug-likeness (QED) is 0.148. The first kappa shape index (κ1) is 23.1. The normalized spacial score (nSPS) is 20.4. The summed E-state index contributed by atoms with van der Waals surface area (Å²) in [7, 11) is 1.29. The van der Waals surface area contributed by atoms with Crippen LogP contribution in [-0.4, -0.2) is 58.9 Å². The van der Waals surface area contributed by atoms with Crippen molar-refractivity contribution >= 4 is 11.9 Å². The van der Waals surface area contributed by atoms with E-state index in [1.165, 1.54) is 13.3 Å². The fraction of sp³-hybridized carbons (Fsp3) is 0.647. The molecule has 1 amide bonds. The molecule has 0 unspecified atom stereocenters. The van der Waals surface area contributed by atoms with E-state index in [1.54, 1.807) is 0 Å². The Bertz CT molecular complexity index is 920. The summed E-state index contributed by atoms with van der Waals surface area (Å²) in [5.41, 5.74) is 7.50. The van der Waals surface area contributed by atoms with Gasteiger partial charge < -0.3 is 19.9 Å². The average Bonchev–Trinajstić information content (AvgIpc) is 3.13. The number of ether oxygens (including phenoxy) is 2. The molecule has 2 heterocycles. The number of azide groups is 1. The monoisotopic (exact) mass is 424 g/mol. The smallest absolute Gasteiger partial charge is 0.330 e. The van der Waals surface area contributed by atoms with Crippen LogP contribution in [0.2, 0.25) is 0 Å². The molecule has 0 radical (unpaired) electrons. The number of aliphatic hydroxyl groups excluding tert-OH is 1. The van der Waals surface area contributed by atoms with E-state index in [4.69, 9.17) is 10.3 Å². The summed E-state index contributed by atoms with van der Waals surface area (Å²) >= 11 is 0. The second-order valence-corrected chi connectivity index (χ2v) is 6.67. The Hall–Kier alpha value is -3.15. The van der Waals surface area contributed by atoms with Crippen LogP contribution in [0.15, 0.2) is 20.9 Å². The molecule has 3 atom stereocenters. The number of aryl methyl sites for hydroxylation is 1. The van der Waals surface area contributed by atoms with Crippen molar-refractivity contribution in [3.05, 3.63) is 43.0 Å². The number of hydrogen-bond donors (Lipinski definition) is 3. The molecule has 0 saturated carbocycles. The summed E-state index contributed by atoms with van der Waals surface area (Å²) in [5.74, 6) is -0.670. The molecule has 13 heteroatoms. The summed E-state index contributed by atoms with van der Waals surface area (Å²) in [6.45, 7) is -0.0929. The Morgan fingerprint density at radius 3 is 2.90 bits per heavy atom. The number of carbonyl (C=O) groups excluding carboxylic acids is 2. The van der Waals surface area contributed by atoms with Crippen molar-refractivity contribution in [2.45, 2.75) is 50.5 Å². The van der Waals surface area contributed by atoms with Gasteiger partial charge in [0.15, 0.2) is 0 Å². The highest BCUT2D eigenvalue weighted by atomic mass is 16.5. The SMILES string of the molecule is COC(=O)CCCNC(=O)CCc1cn([C@H]2C[C@H](N=[N+]=[N-])[C@@H](CO)O2)c(=O)[nH]c1=O. The van der Waals surface area contributed by atoms with Gasteiger partial charge in [0.05, 0.1) is 25.9 Å². The molecule has 3 N–H and O–H groups in total. The van der Waals surface area contributed by atoms with Crippen LogP contribution in [0.3, 0.4) is 0 Å². The van der Waals surface area contributed by atoms with Crippen LogP contribution in [0, 0.1) is 0 Å². The van der Waals surface area contributed by atoms with Crippen LogP contribution in [-0.2, 0) is 25.5 Å². The van der Waals surface area contributed by atoms with E-state index in [9.17, 15) is 24.3 Å². The number of H-pyrrole nitrogens is 1. The summed E-state index contributed by atoms with van der Waals surface area (Å²) in [5, 5.41) is 15.5. The van der Waals surface area contributed by atoms with Gasteiger partial charge in [-0.2, -0.15) is 0 Å². The Morgan fingerprint density at radius 2 is 2.23 bits per heavy atom. The van der Waals surface area contributed by atoms with Crippen LogP contribution >= 0.6 is 0 Å². The van der Waals surface area contributed by atoms with E-state index in [0.29, 0.717) is 13.0 Å². The average molecular weight is 424 g/mol. The highest BCUT2D eigenvalue weighted by molar-refractivity contribution is 5.76. The Kier molecular flexibility index (Phi) is 8.59. The van der Waals surface area contributed by atoms with E-state index in [2.05, 4.69) is 25.1 Å². The van der Waals surface area contributed by atoms with Crippen molar-refractivity contribution < 1.29 is 24.2 Å². The number of aliphatic hydroxyl groups is 1. The van der Waals surface area contributed by atoms with E-state index < -0.39 is 29.6 Å². The molecule has 30 heavy (non-hydrogen) atoms. The molecule has 0 aliphatic carbocycles. The lowest BCUT2D eigenvalue weighted by molar-refractivity contribution is -0.140. The summed E-state index contributed by atoms with van der Waals surface area (Å²) in [4.78, 5) is 52.1. The molecule has 1 aromatic heterocycles. The first-order valence-electron chi connectivity index (χ1n) is 9.38. The Balaban J connectivity index is 1.99. The third-order valence-electron chi connectivity index (χ3n) is 4.66. The van der Waals surface area contributed by atoms with Crippen molar-refractivity contribution in [3.8, 4) is 0 Å². The fourth-order valence-electron chi connectivity index (χ4n) is 3.06. The van der Waals surface area contributed by atoms with E-state index >= 15 is 0 Å². The summed E-state index contributed by atoms with van der Waals surface area (Å²) in [6.07, 6.45) is 0.581. The van der Waals surface area contributed by atoms with Gasteiger partial charge in [0.25, 0.3) is 5.56 Å². The number of esters is 1. The second-order valence-electron chi connectivity index (χ2n) is 6.67. The van der Waals surface area contributed by atoms with Crippen LogP contribution in [0.4, 0.5) is 0 Å². The third-order valence-corrected chi connectivity index (χ3v) is 4.66. The van der Waals surface area contributed by atoms with Crippen molar-refractivity contribution in [3.63, 3.8) is 0 Å². The predicted octanol–water partition coefficient (Wildman–Crippen LogP) is -0.503.